The fourth-order valence-corrected chi connectivity index (χ4v) is 2.89. The average molecular weight is 239 g/mol. The molecule has 0 spiro atoms. The number of hydrogen-bond donors (Lipinski definition) is 2. The van der Waals surface area contributed by atoms with Gasteiger partial charge >= 0.3 is 0 Å². The van der Waals surface area contributed by atoms with Crippen LogP contribution in [0.4, 0.5) is 0 Å². The van der Waals surface area contributed by atoms with Gasteiger partial charge < -0.3 is 10.4 Å². The zero-order chi connectivity index (χ0) is 12.8. The number of allylic oxidation sites excluding steroid dienone is 1. The van der Waals surface area contributed by atoms with Crippen LogP contribution in [0.25, 0.3) is 0 Å². The van der Waals surface area contributed by atoms with Crippen molar-refractivity contribution in [1.82, 2.24) is 5.32 Å². The van der Waals surface area contributed by atoms with Gasteiger partial charge in [0.05, 0.1) is 6.10 Å². The molecular formula is C15H29NO. The fraction of sp³-hybridized carbons (Fsp3) is 0.867. The number of aliphatic hydroxyl groups excluding tert-OH is 1. The Hall–Kier alpha value is -0.340. The summed E-state index contributed by atoms with van der Waals surface area (Å²) in [7, 11) is 0. The SMILES string of the molecule is CC1=CCC[C@H](C)[C@@H]1CNC[C@H](C)C[C@H](C)O. The van der Waals surface area contributed by atoms with Crippen molar-refractivity contribution in [3.63, 3.8) is 0 Å². The van der Waals surface area contributed by atoms with Crippen LogP contribution in [0.3, 0.4) is 0 Å². The Labute approximate surface area is 106 Å². The van der Waals surface area contributed by atoms with E-state index >= 15 is 0 Å². The standard InChI is InChI=1S/C15H29NO/c1-11(8-14(4)17)9-16-10-15-12(2)6-5-7-13(15)3/h6,11,13-17H,5,7-10H2,1-4H3/t11-,13+,14+,15-/m1/s1. The van der Waals surface area contributed by atoms with Crippen LogP contribution in [0.2, 0.25) is 0 Å². The Balaban J connectivity index is 2.25. The number of nitrogens with one attached hydrogen (secondary N) is 1. The molecule has 0 saturated heterocycles. The highest BCUT2D eigenvalue weighted by atomic mass is 16.3. The quantitative estimate of drug-likeness (QED) is 0.698. The van der Waals surface area contributed by atoms with Gasteiger partial charge in [0.1, 0.15) is 0 Å². The Morgan fingerprint density at radius 1 is 1.47 bits per heavy atom. The maximum Gasteiger partial charge on any atom is 0.0515 e. The second kappa shape index (κ2) is 7.17. The van der Waals surface area contributed by atoms with Gasteiger partial charge in [0.2, 0.25) is 0 Å². The molecule has 4 atom stereocenters. The molecule has 0 saturated carbocycles. The molecule has 2 heteroatoms. The van der Waals surface area contributed by atoms with Crippen LogP contribution >= 0.6 is 0 Å². The first-order valence-corrected chi connectivity index (χ1v) is 7.06. The molecule has 0 aromatic heterocycles. The molecule has 1 rings (SSSR count). The second-order valence-electron chi connectivity index (χ2n) is 5.96. The third kappa shape index (κ3) is 5.22. The Bertz CT molecular complexity index is 247. The van der Waals surface area contributed by atoms with Crippen LogP contribution in [-0.2, 0) is 0 Å². The van der Waals surface area contributed by atoms with Crippen LogP contribution < -0.4 is 5.32 Å². The minimum absolute atomic E-state index is 0.179. The van der Waals surface area contributed by atoms with Crippen molar-refractivity contribution in [3.05, 3.63) is 11.6 Å². The molecule has 0 fully saturated rings. The van der Waals surface area contributed by atoms with Gasteiger partial charge in [-0.05, 0) is 57.4 Å². The summed E-state index contributed by atoms with van der Waals surface area (Å²) in [5.74, 6) is 2.07. The molecule has 0 radical (unpaired) electrons. The van der Waals surface area contributed by atoms with Crippen LogP contribution in [0.1, 0.15) is 47.0 Å². The topological polar surface area (TPSA) is 32.3 Å². The lowest BCUT2D eigenvalue weighted by molar-refractivity contribution is 0.162. The lowest BCUT2D eigenvalue weighted by Crippen LogP contribution is -2.32. The molecule has 2 nitrogen and oxygen atoms in total. The molecule has 0 bridgehead atoms. The van der Waals surface area contributed by atoms with E-state index in [1.807, 2.05) is 6.92 Å². The van der Waals surface area contributed by atoms with Gasteiger partial charge in [0.15, 0.2) is 0 Å². The van der Waals surface area contributed by atoms with Crippen molar-refractivity contribution in [1.29, 1.82) is 0 Å². The minimum atomic E-state index is -0.179. The van der Waals surface area contributed by atoms with Gasteiger partial charge in [-0.2, -0.15) is 0 Å². The van der Waals surface area contributed by atoms with Crippen molar-refractivity contribution in [3.8, 4) is 0 Å². The highest BCUT2D eigenvalue weighted by Crippen LogP contribution is 2.29. The third-order valence-corrected chi connectivity index (χ3v) is 3.96. The molecule has 1 aliphatic carbocycles. The summed E-state index contributed by atoms with van der Waals surface area (Å²) in [6.07, 6.45) is 5.68. The number of rotatable bonds is 6. The molecule has 0 heterocycles. The van der Waals surface area contributed by atoms with Crippen molar-refractivity contribution < 1.29 is 5.11 Å². The second-order valence-corrected chi connectivity index (χ2v) is 5.96. The van der Waals surface area contributed by atoms with Crippen LogP contribution in [-0.4, -0.2) is 24.3 Å². The normalized spacial score (nSPS) is 28.6. The van der Waals surface area contributed by atoms with Crippen LogP contribution in [0.15, 0.2) is 11.6 Å². The highest BCUT2D eigenvalue weighted by molar-refractivity contribution is 5.09. The number of aliphatic hydroxyl groups is 1. The Kier molecular flexibility index (Phi) is 6.21. The first kappa shape index (κ1) is 14.7. The van der Waals surface area contributed by atoms with Crippen LogP contribution in [0.5, 0.6) is 0 Å². The molecule has 17 heavy (non-hydrogen) atoms. The first-order chi connectivity index (χ1) is 8.00. The summed E-state index contributed by atoms with van der Waals surface area (Å²) in [6.45, 7) is 10.8. The van der Waals surface area contributed by atoms with E-state index in [0.29, 0.717) is 11.8 Å². The summed E-state index contributed by atoms with van der Waals surface area (Å²) in [6, 6.07) is 0. The molecule has 0 aromatic rings. The van der Waals surface area contributed by atoms with E-state index in [-0.39, 0.29) is 6.10 Å². The zero-order valence-corrected chi connectivity index (χ0v) is 11.9. The van der Waals surface area contributed by atoms with Crippen molar-refractivity contribution in [2.75, 3.05) is 13.1 Å². The van der Waals surface area contributed by atoms with E-state index in [4.69, 9.17) is 0 Å². The van der Waals surface area contributed by atoms with Crippen molar-refractivity contribution in [2.24, 2.45) is 17.8 Å². The van der Waals surface area contributed by atoms with Gasteiger partial charge in [-0.1, -0.05) is 25.5 Å². The summed E-state index contributed by atoms with van der Waals surface area (Å²) in [4.78, 5) is 0. The molecule has 0 aromatic carbocycles. The summed E-state index contributed by atoms with van der Waals surface area (Å²) >= 11 is 0. The number of hydrogen-bond acceptors (Lipinski definition) is 2. The molecule has 0 amide bonds. The zero-order valence-electron chi connectivity index (χ0n) is 11.9. The van der Waals surface area contributed by atoms with Gasteiger partial charge in [-0.25, -0.2) is 0 Å². The van der Waals surface area contributed by atoms with E-state index in [0.717, 1.165) is 25.4 Å². The lowest BCUT2D eigenvalue weighted by atomic mass is 9.80. The van der Waals surface area contributed by atoms with Gasteiger partial charge in [0, 0.05) is 6.54 Å². The molecule has 1 aliphatic rings. The van der Waals surface area contributed by atoms with Gasteiger partial charge in [-0.3, -0.25) is 0 Å². The molecular weight excluding hydrogens is 210 g/mol. The van der Waals surface area contributed by atoms with E-state index < -0.39 is 0 Å². The monoisotopic (exact) mass is 239 g/mol. The van der Waals surface area contributed by atoms with E-state index in [2.05, 4.69) is 32.2 Å². The van der Waals surface area contributed by atoms with E-state index in [1.54, 1.807) is 5.57 Å². The summed E-state index contributed by atoms with van der Waals surface area (Å²) in [5.41, 5.74) is 1.56. The van der Waals surface area contributed by atoms with Gasteiger partial charge in [0.25, 0.3) is 0 Å². The third-order valence-electron chi connectivity index (χ3n) is 3.96. The highest BCUT2D eigenvalue weighted by Gasteiger charge is 2.21. The smallest absolute Gasteiger partial charge is 0.0515 e. The van der Waals surface area contributed by atoms with Gasteiger partial charge in [-0.15, -0.1) is 0 Å². The predicted molar refractivity (Wildman–Crippen MR) is 74.0 cm³/mol. The van der Waals surface area contributed by atoms with E-state index in [9.17, 15) is 5.11 Å². The Morgan fingerprint density at radius 3 is 2.76 bits per heavy atom. The van der Waals surface area contributed by atoms with Crippen molar-refractivity contribution in [2.45, 2.75) is 53.1 Å². The first-order valence-electron chi connectivity index (χ1n) is 7.06. The minimum Gasteiger partial charge on any atom is -0.393 e. The Morgan fingerprint density at radius 2 is 2.18 bits per heavy atom. The molecule has 100 valence electrons. The molecule has 2 N–H and O–H groups in total. The summed E-state index contributed by atoms with van der Waals surface area (Å²) in [5, 5.41) is 12.9. The fourth-order valence-electron chi connectivity index (χ4n) is 2.89. The maximum absolute atomic E-state index is 9.32. The predicted octanol–water partition coefficient (Wildman–Crippen LogP) is 2.98. The van der Waals surface area contributed by atoms with Crippen LogP contribution in [0, 0.1) is 17.8 Å². The average Bonchev–Trinajstić information content (AvgIpc) is 2.21. The molecule has 0 aliphatic heterocycles. The largest absolute Gasteiger partial charge is 0.393 e. The lowest BCUT2D eigenvalue weighted by Gasteiger charge is -2.29. The van der Waals surface area contributed by atoms with E-state index in [1.165, 1.54) is 12.8 Å². The maximum atomic E-state index is 9.32. The van der Waals surface area contributed by atoms with Crippen molar-refractivity contribution >= 4 is 0 Å². The summed E-state index contributed by atoms with van der Waals surface area (Å²) < 4.78 is 0. The molecule has 0 unspecified atom stereocenters.